The van der Waals surface area contributed by atoms with Crippen molar-refractivity contribution in [1.82, 2.24) is 0 Å². The van der Waals surface area contributed by atoms with Crippen LogP contribution in [0.25, 0.3) is 0 Å². The van der Waals surface area contributed by atoms with Crippen molar-refractivity contribution in [3.8, 4) is 11.5 Å². The van der Waals surface area contributed by atoms with Gasteiger partial charge in [-0.25, -0.2) is 0 Å². The molecule has 0 saturated heterocycles. The van der Waals surface area contributed by atoms with E-state index in [-0.39, 0.29) is 4.75 Å². The molecule has 0 heterocycles. The SMILES string of the molecule is [CH2]CC(C)(C)SSCCCOC(c1ccccc1)(c1ccc(OC)cc1)c1ccc(OC)cc1. The Bertz CT molecular complexity index is 939. The zero-order valence-electron chi connectivity index (χ0n) is 20.6. The summed E-state index contributed by atoms with van der Waals surface area (Å²) in [5.74, 6) is 2.66. The van der Waals surface area contributed by atoms with Gasteiger partial charge in [-0.15, -0.1) is 0 Å². The largest absolute Gasteiger partial charge is 0.497 e. The minimum atomic E-state index is -0.746. The van der Waals surface area contributed by atoms with Crippen LogP contribution in [0.15, 0.2) is 78.9 Å². The van der Waals surface area contributed by atoms with Crippen LogP contribution in [-0.2, 0) is 10.3 Å². The highest BCUT2D eigenvalue weighted by atomic mass is 33.1. The maximum atomic E-state index is 6.88. The smallest absolute Gasteiger partial charge is 0.143 e. The Morgan fingerprint density at radius 1 is 0.735 bits per heavy atom. The molecular formula is C29H35O3S2. The quantitative estimate of drug-likeness (QED) is 0.137. The molecule has 0 aliphatic heterocycles. The van der Waals surface area contributed by atoms with Crippen LogP contribution in [0, 0.1) is 6.92 Å². The molecule has 0 unspecified atom stereocenters. The van der Waals surface area contributed by atoms with Gasteiger partial charge in [0.15, 0.2) is 0 Å². The van der Waals surface area contributed by atoms with Gasteiger partial charge in [0.2, 0.25) is 0 Å². The van der Waals surface area contributed by atoms with E-state index in [0.29, 0.717) is 6.61 Å². The molecule has 0 saturated carbocycles. The van der Waals surface area contributed by atoms with E-state index in [1.165, 1.54) is 0 Å². The molecule has 0 aromatic heterocycles. The molecule has 34 heavy (non-hydrogen) atoms. The van der Waals surface area contributed by atoms with E-state index in [9.17, 15) is 0 Å². The third-order valence-corrected chi connectivity index (χ3v) is 9.19. The monoisotopic (exact) mass is 495 g/mol. The molecule has 0 bridgehead atoms. The average Bonchev–Trinajstić information content (AvgIpc) is 2.89. The number of rotatable bonds is 13. The molecule has 0 aliphatic rings. The van der Waals surface area contributed by atoms with Crippen LogP contribution in [0.5, 0.6) is 11.5 Å². The van der Waals surface area contributed by atoms with Gasteiger partial charge in [0.25, 0.3) is 0 Å². The van der Waals surface area contributed by atoms with E-state index in [1.54, 1.807) is 14.2 Å². The van der Waals surface area contributed by atoms with Gasteiger partial charge in [0.05, 0.1) is 14.2 Å². The topological polar surface area (TPSA) is 27.7 Å². The number of benzene rings is 3. The number of ether oxygens (including phenoxy) is 3. The van der Waals surface area contributed by atoms with Gasteiger partial charge in [0, 0.05) is 17.1 Å². The van der Waals surface area contributed by atoms with Gasteiger partial charge in [-0.05, 0) is 67.6 Å². The van der Waals surface area contributed by atoms with E-state index in [1.807, 2.05) is 51.9 Å². The molecule has 0 atom stereocenters. The zero-order valence-corrected chi connectivity index (χ0v) is 22.2. The molecule has 0 N–H and O–H groups in total. The van der Waals surface area contributed by atoms with Gasteiger partial charge in [-0.1, -0.05) is 83.1 Å². The predicted molar refractivity (Wildman–Crippen MR) is 147 cm³/mol. The Labute approximate surface area is 213 Å². The molecule has 3 rings (SSSR count). The molecule has 0 spiro atoms. The third kappa shape index (κ3) is 6.53. The molecule has 0 aliphatic carbocycles. The summed E-state index contributed by atoms with van der Waals surface area (Å²) in [5.41, 5.74) is 2.46. The molecule has 5 heteroatoms. The average molecular weight is 496 g/mol. The molecule has 1 radical (unpaired) electrons. The second kappa shape index (κ2) is 12.6. The fraction of sp³-hybridized carbons (Fsp3) is 0.345. The summed E-state index contributed by atoms with van der Waals surface area (Å²) in [6, 6.07) is 26.8. The highest BCUT2D eigenvalue weighted by Crippen LogP contribution is 2.42. The summed E-state index contributed by atoms with van der Waals surface area (Å²) in [6.45, 7) is 9.16. The third-order valence-electron chi connectivity index (χ3n) is 5.75. The number of hydrogen-bond donors (Lipinski definition) is 0. The maximum Gasteiger partial charge on any atom is 0.143 e. The lowest BCUT2D eigenvalue weighted by Crippen LogP contribution is -2.33. The van der Waals surface area contributed by atoms with Crippen molar-refractivity contribution in [3.05, 3.63) is 102 Å². The van der Waals surface area contributed by atoms with Gasteiger partial charge >= 0.3 is 0 Å². The summed E-state index contributed by atoms with van der Waals surface area (Å²) in [4.78, 5) is 0. The first-order valence-corrected chi connectivity index (χ1v) is 13.9. The van der Waals surface area contributed by atoms with Crippen molar-refractivity contribution in [3.63, 3.8) is 0 Å². The van der Waals surface area contributed by atoms with Crippen molar-refractivity contribution in [2.45, 2.75) is 37.0 Å². The van der Waals surface area contributed by atoms with Gasteiger partial charge in [0.1, 0.15) is 17.1 Å². The lowest BCUT2D eigenvalue weighted by molar-refractivity contribution is 0.0137. The second-order valence-electron chi connectivity index (χ2n) is 8.62. The summed E-state index contributed by atoms with van der Waals surface area (Å²) in [7, 11) is 7.17. The molecule has 0 fully saturated rings. The van der Waals surface area contributed by atoms with Crippen LogP contribution >= 0.6 is 21.6 Å². The zero-order chi connectivity index (χ0) is 24.4. The Morgan fingerprint density at radius 2 is 1.24 bits per heavy atom. The fourth-order valence-corrected chi connectivity index (χ4v) is 6.19. The van der Waals surface area contributed by atoms with Crippen molar-refractivity contribution >= 4 is 21.6 Å². The summed E-state index contributed by atoms with van der Waals surface area (Å²) >= 11 is 0. The van der Waals surface area contributed by atoms with E-state index >= 15 is 0 Å². The van der Waals surface area contributed by atoms with E-state index in [2.05, 4.69) is 69.3 Å². The van der Waals surface area contributed by atoms with Crippen molar-refractivity contribution in [2.24, 2.45) is 0 Å². The summed E-state index contributed by atoms with van der Waals surface area (Å²) < 4.78 is 17.9. The van der Waals surface area contributed by atoms with Gasteiger partial charge in [-0.3, -0.25) is 0 Å². The minimum absolute atomic E-state index is 0.186. The van der Waals surface area contributed by atoms with Gasteiger partial charge in [-0.2, -0.15) is 0 Å². The van der Waals surface area contributed by atoms with Crippen LogP contribution in [0.1, 0.15) is 43.4 Å². The highest BCUT2D eigenvalue weighted by molar-refractivity contribution is 8.77. The Hall–Kier alpha value is -2.08. The first kappa shape index (κ1) is 26.5. The highest BCUT2D eigenvalue weighted by Gasteiger charge is 2.37. The number of methoxy groups -OCH3 is 2. The molecule has 3 aromatic rings. The molecule has 3 nitrogen and oxygen atoms in total. The van der Waals surface area contributed by atoms with Crippen LogP contribution in [-0.4, -0.2) is 31.3 Å². The van der Waals surface area contributed by atoms with Crippen LogP contribution < -0.4 is 9.47 Å². The lowest BCUT2D eigenvalue weighted by atomic mass is 9.80. The van der Waals surface area contributed by atoms with Crippen LogP contribution in [0.3, 0.4) is 0 Å². The maximum absolute atomic E-state index is 6.88. The van der Waals surface area contributed by atoms with E-state index in [4.69, 9.17) is 14.2 Å². The summed E-state index contributed by atoms with van der Waals surface area (Å²) in [6.07, 6.45) is 1.86. The standard InChI is InChI=1S/C29H35O3S2/c1-6-28(2,3)34-33-22-10-21-32-29(23-11-8-7-9-12-23,24-13-17-26(30-4)18-14-24)25-15-19-27(31-5)20-16-25/h7-9,11-20H,1,6,10,21-22H2,2-5H3. The molecular weight excluding hydrogens is 460 g/mol. The molecule has 3 aromatic carbocycles. The van der Waals surface area contributed by atoms with Crippen molar-refractivity contribution in [1.29, 1.82) is 0 Å². The predicted octanol–water partition coefficient (Wildman–Crippen LogP) is 7.79. The van der Waals surface area contributed by atoms with Crippen molar-refractivity contribution in [2.75, 3.05) is 26.6 Å². The van der Waals surface area contributed by atoms with E-state index < -0.39 is 5.60 Å². The second-order valence-corrected chi connectivity index (χ2v) is 11.7. The Kier molecular flexibility index (Phi) is 9.81. The lowest BCUT2D eigenvalue weighted by Gasteiger charge is -2.36. The first-order valence-electron chi connectivity index (χ1n) is 11.5. The molecule has 0 amide bonds. The molecule has 181 valence electrons. The number of hydrogen-bond acceptors (Lipinski definition) is 5. The van der Waals surface area contributed by atoms with Crippen LogP contribution in [0.2, 0.25) is 0 Å². The van der Waals surface area contributed by atoms with Gasteiger partial charge < -0.3 is 14.2 Å². The minimum Gasteiger partial charge on any atom is -0.497 e. The normalized spacial score (nSPS) is 11.9. The Balaban J connectivity index is 1.94. The van der Waals surface area contributed by atoms with Crippen molar-refractivity contribution < 1.29 is 14.2 Å². The first-order chi connectivity index (χ1) is 16.4. The van der Waals surface area contributed by atoms with E-state index in [0.717, 1.165) is 46.8 Å². The fourth-order valence-electron chi connectivity index (χ4n) is 3.66. The van der Waals surface area contributed by atoms with Crippen LogP contribution in [0.4, 0.5) is 0 Å². The summed E-state index contributed by atoms with van der Waals surface area (Å²) in [5, 5.41) is 0. The Morgan fingerprint density at radius 3 is 1.71 bits per heavy atom.